The Kier molecular flexibility index (Phi) is 6.55. The number of thiophene rings is 1. The Hall–Kier alpha value is -3.52. The molecular weight excluding hydrogens is 440 g/mol. The third-order valence-corrected chi connectivity index (χ3v) is 6.88. The third kappa shape index (κ3) is 4.14. The first kappa shape index (κ1) is 22.7. The van der Waals surface area contributed by atoms with Gasteiger partial charge in [0.15, 0.2) is 11.5 Å². The molecule has 1 aliphatic heterocycles. The van der Waals surface area contributed by atoms with Crippen molar-refractivity contribution in [2.75, 3.05) is 28.4 Å². The summed E-state index contributed by atoms with van der Waals surface area (Å²) < 4.78 is 16.3. The molecule has 2 atom stereocenters. The number of fused-ring (bicyclic) bond motifs is 1. The van der Waals surface area contributed by atoms with E-state index in [0.717, 1.165) is 10.4 Å². The number of hydrogen-bond donors (Lipinski definition) is 1. The molecule has 2 heterocycles. The van der Waals surface area contributed by atoms with Crippen molar-refractivity contribution in [1.29, 1.82) is 0 Å². The van der Waals surface area contributed by atoms with Crippen LogP contribution in [0.3, 0.4) is 0 Å². The Morgan fingerprint density at radius 2 is 1.70 bits per heavy atom. The van der Waals surface area contributed by atoms with Gasteiger partial charge < -0.3 is 24.4 Å². The lowest BCUT2D eigenvalue weighted by Gasteiger charge is -2.39. The predicted octanol–water partition coefficient (Wildman–Crippen LogP) is 4.00. The zero-order valence-electron chi connectivity index (χ0n) is 19.0. The summed E-state index contributed by atoms with van der Waals surface area (Å²) in [5.74, 6) is 0.637. The van der Waals surface area contributed by atoms with Crippen molar-refractivity contribution in [3.05, 3.63) is 75.5 Å². The number of ether oxygens (including phenoxy) is 3. The number of benzene rings is 2. The number of nitrogens with zero attached hydrogens (tertiary/aromatic N) is 1. The normalized spacial score (nSPS) is 17.3. The van der Waals surface area contributed by atoms with Crippen molar-refractivity contribution in [2.24, 2.45) is 0 Å². The molecule has 0 aliphatic carbocycles. The summed E-state index contributed by atoms with van der Waals surface area (Å²) in [5, 5.41) is 5.00. The second kappa shape index (κ2) is 9.54. The highest BCUT2D eigenvalue weighted by atomic mass is 32.1. The summed E-state index contributed by atoms with van der Waals surface area (Å²) in [6, 6.07) is 14.4. The number of amides is 2. The molecule has 3 aromatic rings. The standard InChI is InChI=1S/C25H26N2O5S/c1-27-23(21-10-7-11-33-21)22(24(28)26-14-15-8-5-6-9-18(15)30-2)16-12-19(31-3)20(32-4)13-17(16)25(27)29/h5-13,22-23H,14H2,1-4H3,(H,26,28)/t22-,23-/m0/s1. The first-order valence-electron chi connectivity index (χ1n) is 10.5. The van der Waals surface area contributed by atoms with E-state index in [1.165, 1.54) is 25.6 Å². The van der Waals surface area contributed by atoms with Crippen molar-refractivity contribution in [3.8, 4) is 17.2 Å². The number of rotatable bonds is 7. The van der Waals surface area contributed by atoms with Crippen molar-refractivity contribution >= 4 is 23.2 Å². The van der Waals surface area contributed by atoms with E-state index in [9.17, 15) is 9.59 Å². The summed E-state index contributed by atoms with van der Waals surface area (Å²) in [7, 11) is 6.39. The van der Waals surface area contributed by atoms with E-state index in [4.69, 9.17) is 14.2 Å². The Morgan fingerprint density at radius 1 is 1.00 bits per heavy atom. The molecule has 0 bridgehead atoms. The molecule has 7 nitrogen and oxygen atoms in total. The molecule has 4 rings (SSSR count). The molecule has 2 amide bonds. The largest absolute Gasteiger partial charge is 0.496 e. The van der Waals surface area contributed by atoms with Gasteiger partial charge in [0.25, 0.3) is 5.91 Å². The van der Waals surface area contributed by atoms with Gasteiger partial charge in [0.1, 0.15) is 5.75 Å². The topological polar surface area (TPSA) is 77.1 Å². The number of hydrogen-bond acceptors (Lipinski definition) is 6. The molecule has 2 aromatic carbocycles. The maximum Gasteiger partial charge on any atom is 0.254 e. The third-order valence-electron chi connectivity index (χ3n) is 5.94. The van der Waals surface area contributed by atoms with E-state index in [2.05, 4.69) is 5.32 Å². The number of para-hydroxylation sites is 1. The highest BCUT2D eigenvalue weighted by Gasteiger charge is 2.44. The molecule has 1 aliphatic rings. The summed E-state index contributed by atoms with van der Waals surface area (Å²) in [5.41, 5.74) is 1.92. The fourth-order valence-corrected chi connectivity index (χ4v) is 5.19. The van der Waals surface area contributed by atoms with Gasteiger partial charge in [-0.05, 0) is 35.2 Å². The van der Waals surface area contributed by atoms with Crippen LogP contribution in [0.25, 0.3) is 0 Å². The predicted molar refractivity (Wildman–Crippen MR) is 126 cm³/mol. The summed E-state index contributed by atoms with van der Waals surface area (Å²) >= 11 is 1.52. The van der Waals surface area contributed by atoms with Crippen LogP contribution in [0.5, 0.6) is 17.2 Å². The van der Waals surface area contributed by atoms with Crippen LogP contribution >= 0.6 is 11.3 Å². The molecule has 33 heavy (non-hydrogen) atoms. The monoisotopic (exact) mass is 466 g/mol. The van der Waals surface area contributed by atoms with Gasteiger partial charge in [-0.3, -0.25) is 9.59 Å². The number of nitrogens with one attached hydrogen (secondary N) is 1. The van der Waals surface area contributed by atoms with E-state index in [1.54, 1.807) is 31.2 Å². The first-order valence-corrected chi connectivity index (χ1v) is 11.3. The highest BCUT2D eigenvalue weighted by Crippen LogP contribution is 2.46. The molecule has 0 unspecified atom stereocenters. The average Bonchev–Trinajstić information content (AvgIpc) is 3.38. The molecule has 0 saturated carbocycles. The second-order valence-corrected chi connectivity index (χ2v) is 8.66. The van der Waals surface area contributed by atoms with Gasteiger partial charge in [0.2, 0.25) is 5.91 Å². The molecular formula is C25H26N2O5S. The van der Waals surface area contributed by atoms with Gasteiger partial charge in [-0.25, -0.2) is 0 Å². The van der Waals surface area contributed by atoms with Crippen LogP contribution in [0.2, 0.25) is 0 Å². The lowest BCUT2D eigenvalue weighted by Crippen LogP contribution is -2.45. The van der Waals surface area contributed by atoms with E-state index in [1.807, 2.05) is 41.8 Å². The van der Waals surface area contributed by atoms with Crippen LogP contribution in [0.15, 0.2) is 53.9 Å². The van der Waals surface area contributed by atoms with Crippen LogP contribution in [0.4, 0.5) is 0 Å². The number of carbonyl (C=O) groups excluding carboxylic acids is 2. The van der Waals surface area contributed by atoms with Crippen molar-refractivity contribution in [2.45, 2.75) is 18.5 Å². The molecule has 0 saturated heterocycles. The van der Waals surface area contributed by atoms with Crippen LogP contribution in [-0.4, -0.2) is 45.1 Å². The molecule has 0 radical (unpaired) electrons. The Balaban J connectivity index is 1.77. The zero-order valence-corrected chi connectivity index (χ0v) is 19.8. The fraction of sp³-hybridized carbons (Fsp3) is 0.280. The van der Waals surface area contributed by atoms with Gasteiger partial charge in [0, 0.05) is 29.6 Å². The summed E-state index contributed by atoms with van der Waals surface area (Å²) in [6.07, 6.45) is 0. The minimum atomic E-state index is -0.629. The van der Waals surface area contributed by atoms with Gasteiger partial charge in [-0.1, -0.05) is 24.3 Å². The van der Waals surface area contributed by atoms with Crippen LogP contribution in [-0.2, 0) is 11.3 Å². The molecule has 8 heteroatoms. The maximum absolute atomic E-state index is 13.7. The minimum absolute atomic E-state index is 0.168. The maximum atomic E-state index is 13.7. The van der Waals surface area contributed by atoms with Gasteiger partial charge in [-0.15, -0.1) is 11.3 Å². The van der Waals surface area contributed by atoms with E-state index in [0.29, 0.717) is 34.9 Å². The smallest absolute Gasteiger partial charge is 0.254 e. The first-order chi connectivity index (χ1) is 16.0. The second-order valence-electron chi connectivity index (χ2n) is 7.68. The van der Waals surface area contributed by atoms with Crippen molar-refractivity contribution < 1.29 is 23.8 Å². The highest BCUT2D eigenvalue weighted by molar-refractivity contribution is 7.10. The van der Waals surface area contributed by atoms with E-state index >= 15 is 0 Å². The Labute approximate surface area is 196 Å². The van der Waals surface area contributed by atoms with E-state index in [-0.39, 0.29) is 11.8 Å². The number of methoxy groups -OCH3 is 3. The number of carbonyl (C=O) groups is 2. The molecule has 1 aromatic heterocycles. The average molecular weight is 467 g/mol. The summed E-state index contributed by atoms with van der Waals surface area (Å²) in [6.45, 7) is 0.302. The summed E-state index contributed by atoms with van der Waals surface area (Å²) in [4.78, 5) is 29.6. The SMILES string of the molecule is COc1ccccc1CNC(=O)[C@H]1c2cc(OC)c(OC)cc2C(=O)N(C)[C@H]1c1cccs1. The Morgan fingerprint density at radius 3 is 2.36 bits per heavy atom. The van der Waals surface area contributed by atoms with Gasteiger partial charge in [-0.2, -0.15) is 0 Å². The van der Waals surface area contributed by atoms with Crippen molar-refractivity contribution in [1.82, 2.24) is 10.2 Å². The van der Waals surface area contributed by atoms with Gasteiger partial charge >= 0.3 is 0 Å². The minimum Gasteiger partial charge on any atom is -0.496 e. The lowest BCUT2D eigenvalue weighted by molar-refractivity contribution is -0.124. The molecule has 0 fully saturated rings. The quantitative estimate of drug-likeness (QED) is 0.570. The van der Waals surface area contributed by atoms with Crippen LogP contribution in [0, 0.1) is 0 Å². The molecule has 1 N–H and O–H groups in total. The van der Waals surface area contributed by atoms with Gasteiger partial charge in [0.05, 0.1) is 33.3 Å². The van der Waals surface area contributed by atoms with Crippen LogP contribution in [0.1, 0.15) is 38.3 Å². The lowest BCUT2D eigenvalue weighted by atomic mass is 9.81. The fourth-order valence-electron chi connectivity index (χ4n) is 4.29. The molecule has 0 spiro atoms. The van der Waals surface area contributed by atoms with E-state index < -0.39 is 12.0 Å². The van der Waals surface area contributed by atoms with Crippen molar-refractivity contribution in [3.63, 3.8) is 0 Å². The zero-order chi connectivity index (χ0) is 23.5. The Bertz CT molecular complexity index is 1160. The number of likely N-dealkylation sites (N-methyl/N-ethyl adjacent to an activating group) is 1. The van der Waals surface area contributed by atoms with Crippen LogP contribution < -0.4 is 19.5 Å². The molecule has 172 valence electrons.